The van der Waals surface area contributed by atoms with Gasteiger partial charge in [0.1, 0.15) is 0 Å². The summed E-state index contributed by atoms with van der Waals surface area (Å²) in [5, 5.41) is 5.18. The number of benzene rings is 1. The normalized spacial score (nSPS) is 12.7. The van der Waals surface area contributed by atoms with Crippen LogP contribution in [0, 0.1) is 0 Å². The number of hydrogen-bond acceptors (Lipinski definition) is 5. The molecule has 0 radical (unpaired) electrons. The highest BCUT2D eigenvalue weighted by Crippen LogP contribution is 2.31. The van der Waals surface area contributed by atoms with E-state index >= 15 is 0 Å². The predicted octanol–water partition coefficient (Wildman–Crippen LogP) is 2.52. The summed E-state index contributed by atoms with van der Waals surface area (Å²) in [5.41, 5.74) is 3.01. The highest BCUT2D eigenvalue weighted by Gasteiger charge is 2.25. The van der Waals surface area contributed by atoms with Gasteiger partial charge in [0.15, 0.2) is 5.76 Å². The number of carbonyl (C=O) groups excluding carboxylic acids is 3. The molecular weight excluding hydrogens is 384 g/mol. The van der Waals surface area contributed by atoms with Gasteiger partial charge in [0.25, 0.3) is 5.91 Å². The number of nitrogens with one attached hydrogen (secondary N) is 2. The molecule has 3 aromatic rings. The molecule has 8 heteroatoms. The molecule has 2 N–H and O–H groups in total. The average molecular weight is 404 g/mol. The van der Waals surface area contributed by atoms with Crippen molar-refractivity contribution in [3.63, 3.8) is 0 Å². The monoisotopic (exact) mass is 404 g/mol. The van der Waals surface area contributed by atoms with E-state index in [1.807, 2.05) is 6.07 Å². The van der Waals surface area contributed by atoms with Gasteiger partial charge in [-0.3, -0.25) is 19.4 Å². The summed E-state index contributed by atoms with van der Waals surface area (Å²) < 4.78 is 5.22. The Morgan fingerprint density at radius 3 is 2.77 bits per heavy atom. The van der Waals surface area contributed by atoms with Crippen LogP contribution in [0.3, 0.4) is 0 Å². The number of rotatable bonds is 4. The standard InChI is InChI=1S/C22H20N4O4/c27-20(24-14-15-4-1-9-23-13-15)21(28)25-17-7-8-18-16(12-17)5-2-10-26(18)22(29)19-6-3-11-30-19/h1,3-4,6-9,11-13H,2,5,10,14H2,(H,24,27)(H,25,28). The number of aryl methyl sites for hydroxylation is 1. The molecule has 0 saturated heterocycles. The molecule has 3 amide bonds. The van der Waals surface area contributed by atoms with Gasteiger partial charge in [-0.1, -0.05) is 6.07 Å². The van der Waals surface area contributed by atoms with Crippen molar-refractivity contribution in [2.75, 3.05) is 16.8 Å². The number of furan rings is 1. The summed E-state index contributed by atoms with van der Waals surface area (Å²) in [5.74, 6) is -1.40. The Kier molecular flexibility index (Phi) is 5.56. The molecule has 0 fully saturated rings. The van der Waals surface area contributed by atoms with Crippen LogP contribution in [0.15, 0.2) is 65.5 Å². The maximum absolute atomic E-state index is 12.7. The van der Waals surface area contributed by atoms with Crippen LogP contribution >= 0.6 is 0 Å². The Hall–Kier alpha value is -3.94. The summed E-state index contributed by atoms with van der Waals surface area (Å²) in [6.07, 6.45) is 6.29. The van der Waals surface area contributed by atoms with Crippen LogP contribution in [0.4, 0.5) is 11.4 Å². The molecule has 30 heavy (non-hydrogen) atoms. The van der Waals surface area contributed by atoms with Crippen molar-refractivity contribution < 1.29 is 18.8 Å². The summed E-state index contributed by atoms with van der Waals surface area (Å²) >= 11 is 0. The second-order valence-electron chi connectivity index (χ2n) is 6.88. The zero-order chi connectivity index (χ0) is 20.9. The van der Waals surface area contributed by atoms with Crippen molar-refractivity contribution in [2.24, 2.45) is 0 Å². The topological polar surface area (TPSA) is 105 Å². The van der Waals surface area contributed by atoms with Crippen LogP contribution in [0.5, 0.6) is 0 Å². The van der Waals surface area contributed by atoms with Crippen molar-refractivity contribution in [3.05, 3.63) is 78.0 Å². The number of amides is 3. The van der Waals surface area contributed by atoms with Crippen LogP contribution in [0.25, 0.3) is 0 Å². The molecule has 0 bridgehead atoms. The molecule has 0 spiro atoms. The maximum atomic E-state index is 12.7. The molecule has 0 unspecified atom stereocenters. The zero-order valence-corrected chi connectivity index (χ0v) is 16.1. The van der Waals surface area contributed by atoms with Crippen LogP contribution in [0.1, 0.15) is 28.1 Å². The lowest BCUT2D eigenvalue weighted by atomic mass is 10.0. The third-order valence-corrected chi connectivity index (χ3v) is 4.82. The van der Waals surface area contributed by atoms with Gasteiger partial charge in [-0.25, -0.2) is 0 Å². The number of anilines is 2. The zero-order valence-electron chi connectivity index (χ0n) is 16.1. The Morgan fingerprint density at radius 2 is 2.00 bits per heavy atom. The SMILES string of the molecule is O=C(NCc1cccnc1)C(=O)Nc1ccc2c(c1)CCCN2C(=O)c1ccco1. The van der Waals surface area contributed by atoms with Gasteiger partial charge in [-0.2, -0.15) is 0 Å². The van der Waals surface area contributed by atoms with E-state index in [0.29, 0.717) is 12.2 Å². The molecule has 0 aliphatic carbocycles. The molecule has 1 aliphatic heterocycles. The van der Waals surface area contributed by atoms with Gasteiger partial charge in [-0.15, -0.1) is 0 Å². The number of fused-ring (bicyclic) bond motifs is 1. The number of carbonyl (C=O) groups is 3. The van der Waals surface area contributed by atoms with Gasteiger partial charge < -0.3 is 20.0 Å². The minimum absolute atomic E-state index is 0.201. The molecule has 4 rings (SSSR count). The lowest BCUT2D eigenvalue weighted by molar-refractivity contribution is -0.136. The summed E-state index contributed by atoms with van der Waals surface area (Å²) in [6.45, 7) is 0.809. The fraction of sp³-hybridized carbons (Fsp3) is 0.182. The molecule has 8 nitrogen and oxygen atoms in total. The van der Waals surface area contributed by atoms with Crippen LogP contribution in [0.2, 0.25) is 0 Å². The van der Waals surface area contributed by atoms with E-state index in [4.69, 9.17) is 4.42 Å². The molecule has 1 aromatic carbocycles. The first-order valence-corrected chi connectivity index (χ1v) is 9.58. The fourth-order valence-corrected chi connectivity index (χ4v) is 3.37. The molecule has 1 aliphatic rings. The second kappa shape index (κ2) is 8.60. The van der Waals surface area contributed by atoms with Crippen molar-refractivity contribution in [2.45, 2.75) is 19.4 Å². The largest absolute Gasteiger partial charge is 0.459 e. The van der Waals surface area contributed by atoms with Crippen molar-refractivity contribution in [1.29, 1.82) is 0 Å². The third kappa shape index (κ3) is 4.22. The second-order valence-corrected chi connectivity index (χ2v) is 6.88. The quantitative estimate of drug-likeness (QED) is 0.650. The number of nitrogens with zero attached hydrogens (tertiary/aromatic N) is 2. The summed E-state index contributed by atoms with van der Waals surface area (Å²) in [4.78, 5) is 42.6. The van der Waals surface area contributed by atoms with E-state index in [1.165, 1.54) is 6.26 Å². The van der Waals surface area contributed by atoms with Gasteiger partial charge in [0.05, 0.1) is 6.26 Å². The van der Waals surface area contributed by atoms with Crippen LogP contribution < -0.4 is 15.5 Å². The van der Waals surface area contributed by atoms with Crippen LogP contribution in [-0.2, 0) is 22.6 Å². The minimum atomic E-state index is -0.752. The predicted molar refractivity (Wildman–Crippen MR) is 110 cm³/mol. The maximum Gasteiger partial charge on any atom is 0.313 e. The molecular formula is C22H20N4O4. The Labute approximate surface area is 172 Å². The van der Waals surface area contributed by atoms with E-state index in [-0.39, 0.29) is 18.2 Å². The van der Waals surface area contributed by atoms with Crippen molar-refractivity contribution >= 4 is 29.1 Å². The number of pyridine rings is 1. The Balaban J connectivity index is 1.41. The van der Waals surface area contributed by atoms with E-state index in [1.54, 1.807) is 53.7 Å². The molecule has 2 aromatic heterocycles. The van der Waals surface area contributed by atoms with Gasteiger partial charge in [0.2, 0.25) is 0 Å². The van der Waals surface area contributed by atoms with E-state index in [0.717, 1.165) is 29.7 Å². The van der Waals surface area contributed by atoms with E-state index in [2.05, 4.69) is 15.6 Å². The fourth-order valence-electron chi connectivity index (χ4n) is 3.37. The summed E-state index contributed by atoms with van der Waals surface area (Å²) in [7, 11) is 0. The lowest BCUT2D eigenvalue weighted by Gasteiger charge is -2.29. The highest BCUT2D eigenvalue weighted by atomic mass is 16.3. The van der Waals surface area contributed by atoms with Crippen LogP contribution in [-0.4, -0.2) is 29.3 Å². The van der Waals surface area contributed by atoms with Gasteiger partial charge in [0, 0.05) is 36.9 Å². The third-order valence-electron chi connectivity index (χ3n) is 4.82. The molecule has 3 heterocycles. The first kappa shape index (κ1) is 19.4. The smallest absolute Gasteiger partial charge is 0.313 e. The minimum Gasteiger partial charge on any atom is -0.459 e. The first-order valence-electron chi connectivity index (χ1n) is 9.58. The van der Waals surface area contributed by atoms with Crippen molar-refractivity contribution in [1.82, 2.24) is 10.3 Å². The summed E-state index contributed by atoms with van der Waals surface area (Å²) in [6, 6.07) is 12.1. The molecule has 152 valence electrons. The van der Waals surface area contributed by atoms with E-state index in [9.17, 15) is 14.4 Å². The average Bonchev–Trinajstić information content (AvgIpc) is 3.32. The Morgan fingerprint density at radius 1 is 1.10 bits per heavy atom. The molecule has 0 atom stereocenters. The van der Waals surface area contributed by atoms with Crippen molar-refractivity contribution in [3.8, 4) is 0 Å². The number of aromatic nitrogens is 1. The highest BCUT2D eigenvalue weighted by molar-refractivity contribution is 6.39. The number of hydrogen-bond donors (Lipinski definition) is 2. The molecule has 0 saturated carbocycles. The lowest BCUT2D eigenvalue weighted by Crippen LogP contribution is -2.36. The first-order chi connectivity index (χ1) is 14.6. The van der Waals surface area contributed by atoms with E-state index < -0.39 is 11.8 Å². The van der Waals surface area contributed by atoms with Gasteiger partial charge in [-0.05, 0) is 60.4 Å². The Bertz CT molecular complexity index is 1060. The van der Waals surface area contributed by atoms with Gasteiger partial charge >= 0.3 is 11.8 Å².